The van der Waals surface area contributed by atoms with Gasteiger partial charge in [-0.25, -0.2) is 0 Å². The van der Waals surface area contributed by atoms with Gasteiger partial charge in [0.1, 0.15) is 0 Å². The minimum Gasteiger partial charge on any atom is -0.338 e. The molecule has 1 saturated heterocycles. The number of para-hydroxylation sites is 1. The van der Waals surface area contributed by atoms with Crippen molar-refractivity contribution in [2.75, 3.05) is 32.7 Å². The van der Waals surface area contributed by atoms with Crippen molar-refractivity contribution in [1.29, 1.82) is 0 Å². The number of likely N-dealkylation sites (N-methyl/N-ethyl adjacent to an activating group) is 1. The smallest absolute Gasteiger partial charge is 0.0561 e. The molecule has 3 atom stereocenters. The van der Waals surface area contributed by atoms with E-state index >= 15 is 0 Å². The number of nitrogens with zero attached hydrogens (tertiary/aromatic N) is 3. The molecule has 5 rings (SSSR count). The van der Waals surface area contributed by atoms with Crippen molar-refractivity contribution in [3.05, 3.63) is 35.5 Å². The monoisotopic (exact) mass is 437 g/mol. The Morgan fingerprint density at radius 1 is 1.07 bits per heavy atom. The van der Waals surface area contributed by atoms with Gasteiger partial charge in [0.05, 0.1) is 6.04 Å². The first-order valence-electron chi connectivity index (χ1n) is 11.3. The molecule has 3 nitrogen and oxygen atoms in total. The highest BCUT2D eigenvalue weighted by molar-refractivity contribution is 5.86. The number of hydrogen-bond acceptors (Lipinski definition) is 2. The Kier molecular flexibility index (Phi) is 6.95. The van der Waals surface area contributed by atoms with Gasteiger partial charge in [0.2, 0.25) is 0 Å². The van der Waals surface area contributed by atoms with E-state index in [2.05, 4.69) is 59.4 Å². The molecule has 1 fully saturated rings. The molecule has 0 saturated carbocycles. The predicted octanol–water partition coefficient (Wildman–Crippen LogP) is 5.86. The van der Waals surface area contributed by atoms with Gasteiger partial charge in [-0.15, -0.1) is 24.8 Å². The van der Waals surface area contributed by atoms with Crippen LogP contribution < -0.4 is 0 Å². The lowest BCUT2D eigenvalue weighted by molar-refractivity contribution is -0.0392. The summed E-state index contributed by atoms with van der Waals surface area (Å²) in [4.78, 5) is 5.48. The van der Waals surface area contributed by atoms with Crippen LogP contribution in [0.1, 0.15) is 69.8 Å². The molecule has 0 aliphatic carbocycles. The number of fused-ring (bicyclic) bond motifs is 3. The van der Waals surface area contributed by atoms with Crippen LogP contribution in [0.3, 0.4) is 0 Å². The minimum atomic E-state index is 0. The lowest BCUT2D eigenvalue weighted by Crippen LogP contribution is -2.54. The first-order chi connectivity index (χ1) is 13.2. The summed E-state index contributed by atoms with van der Waals surface area (Å²) in [5.41, 5.74) is 5.36. The van der Waals surface area contributed by atoms with E-state index in [1.54, 1.807) is 11.3 Å². The minimum absolute atomic E-state index is 0. The van der Waals surface area contributed by atoms with E-state index in [0.29, 0.717) is 17.5 Å². The maximum absolute atomic E-state index is 2.85. The summed E-state index contributed by atoms with van der Waals surface area (Å²) in [6.07, 6.45) is 6.71. The number of benzene rings is 1. The zero-order chi connectivity index (χ0) is 18.6. The number of halogens is 2. The zero-order valence-corrected chi connectivity index (χ0v) is 19.8. The van der Waals surface area contributed by atoms with Crippen molar-refractivity contribution in [3.8, 4) is 0 Å². The second kappa shape index (κ2) is 8.78. The van der Waals surface area contributed by atoms with E-state index in [1.165, 1.54) is 62.6 Å². The summed E-state index contributed by atoms with van der Waals surface area (Å²) in [6.45, 7) is 13.2. The third-order valence-corrected chi connectivity index (χ3v) is 8.11. The highest BCUT2D eigenvalue weighted by Crippen LogP contribution is 2.59. The normalized spacial score (nSPS) is 28.0. The summed E-state index contributed by atoms with van der Waals surface area (Å²) in [7, 11) is 0. The highest BCUT2D eigenvalue weighted by Gasteiger charge is 2.52. The van der Waals surface area contributed by atoms with Crippen LogP contribution in [0.4, 0.5) is 0 Å². The van der Waals surface area contributed by atoms with Gasteiger partial charge < -0.3 is 9.47 Å². The van der Waals surface area contributed by atoms with Crippen LogP contribution in [-0.4, -0.2) is 47.1 Å². The average Bonchev–Trinajstić information content (AvgIpc) is 3.06. The number of rotatable bonds is 5. The van der Waals surface area contributed by atoms with Crippen molar-refractivity contribution in [2.45, 2.75) is 65.0 Å². The fraction of sp³-hybridized carbons (Fsp3) is 0.667. The van der Waals surface area contributed by atoms with Gasteiger partial charge in [-0.2, -0.15) is 0 Å². The molecule has 3 aliphatic rings. The van der Waals surface area contributed by atoms with Crippen LogP contribution >= 0.6 is 24.8 Å². The van der Waals surface area contributed by atoms with Crippen LogP contribution in [0.25, 0.3) is 10.9 Å². The van der Waals surface area contributed by atoms with Crippen LogP contribution in [0, 0.1) is 5.41 Å². The first-order valence-corrected chi connectivity index (χ1v) is 11.3. The highest BCUT2D eigenvalue weighted by atomic mass is 35.5. The Morgan fingerprint density at radius 3 is 2.55 bits per heavy atom. The number of hydrogen-bond donors (Lipinski definition) is 0. The third-order valence-electron chi connectivity index (χ3n) is 8.11. The Balaban J connectivity index is 0.00000120. The summed E-state index contributed by atoms with van der Waals surface area (Å²) >= 11 is 0. The molecule has 2 aromatic rings. The largest absolute Gasteiger partial charge is 0.338 e. The predicted molar refractivity (Wildman–Crippen MR) is 128 cm³/mol. The van der Waals surface area contributed by atoms with Gasteiger partial charge in [0, 0.05) is 35.7 Å². The molecule has 5 heteroatoms. The van der Waals surface area contributed by atoms with Gasteiger partial charge in [-0.05, 0) is 68.8 Å². The molecule has 0 radical (unpaired) electrons. The topological polar surface area (TPSA) is 11.4 Å². The van der Waals surface area contributed by atoms with Crippen molar-refractivity contribution < 1.29 is 0 Å². The van der Waals surface area contributed by atoms with Gasteiger partial charge in [0.15, 0.2) is 0 Å². The maximum atomic E-state index is 2.85. The summed E-state index contributed by atoms with van der Waals surface area (Å²) in [5, 5.41) is 1.54. The molecule has 3 aliphatic heterocycles. The van der Waals surface area contributed by atoms with E-state index in [4.69, 9.17) is 0 Å². The van der Waals surface area contributed by atoms with Crippen molar-refractivity contribution >= 4 is 35.7 Å². The van der Waals surface area contributed by atoms with E-state index in [9.17, 15) is 0 Å². The molecule has 29 heavy (non-hydrogen) atoms. The molecule has 1 aromatic heterocycles. The van der Waals surface area contributed by atoms with Crippen molar-refractivity contribution in [2.24, 2.45) is 5.41 Å². The number of aromatic nitrogens is 1. The SMILES string of the molecule is CCN(CC)CC1C[C@]2(CC)CCCN3CCc4c(n1c1ccccc41)[C@@H]32.Cl.Cl. The summed E-state index contributed by atoms with van der Waals surface area (Å²) in [6, 6.07) is 10.5. The Hall–Kier alpha value is -0.740. The molecule has 1 aromatic carbocycles. The molecule has 0 spiro atoms. The fourth-order valence-corrected chi connectivity index (χ4v) is 6.77. The van der Waals surface area contributed by atoms with Gasteiger partial charge in [-0.3, -0.25) is 4.90 Å². The van der Waals surface area contributed by atoms with E-state index in [0.717, 1.165) is 13.1 Å². The molecule has 4 heterocycles. The van der Waals surface area contributed by atoms with Crippen LogP contribution in [0.15, 0.2) is 24.3 Å². The second-order valence-electron chi connectivity index (χ2n) is 9.10. The summed E-state index contributed by atoms with van der Waals surface area (Å²) in [5.74, 6) is 0. The molecule has 0 N–H and O–H groups in total. The van der Waals surface area contributed by atoms with E-state index in [-0.39, 0.29) is 24.8 Å². The molecule has 162 valence electrons. The van der Waals surface area contributed by atoms with Gasteiger partial charge in [0.25, 0.3) is 0 Å². The molecule has 0 amide bonds. The van der Waals surface area contributed by atoms with Crippen LogP contribution in [-0.2, 0) is 6.42 Å². The molecule has 0 bridgehead atoms. The Labute approximate surface area is 188 Å². The lowest BCUT2D eigenvalue weighted by atomic mass is 9.63. The van der Waals surface area contributed by atoms with Crippen LogP contribution in [0.2, 0.25) is 0 Å². The van der Waals surface area contributed by atoms with Crippen molar-refractivity contribution in [3.63, 3.8) is 0 Å². The second-order valence-corrected chi connectivity index (χ2v) is 9.10. The molecule has 1 unspecified atom stereocenters. The Morgan fingerprint density at radius 2 is 1.83 bits per heavy atom. The van der Waals surface area contributed by atoms with Gasteiger partial charge in [-0.1, -0.05) is 39.0 Å². The average molecular weight is 438 g/mol. The van der Waals surface area contributed by atoms with Gasteiger partial charge >= 0.3 is 0 Å². The quantitative estimate of drug-likeness (QED) is 0.579. The molecular weight excluding hydrogens is 401 g/mol. The van der Waals surface area contributed by atoms with E-state index in [1.807, 2.05) is 0 Å². The standard InChI is InChI=1S/C24H35N3.2ClH/c1-4-24-13-9-14-26-15-12-20-19-10-7-8-11-21(19)27(22(20)23(24)26)18(16-24)17-25(5-2)6-3;;/h7-8,10-11,18,23H,4-6,9,12-17H2,1-3H3;2*1H/t18?,23-,24+;;/m1../s1. The van der Waals surface area contributed by atoms with Crippen LogP contribution in [0.5, 0.6) is 0 Å². The number of piperidine rings is 1. The fourth-order valence-electron chi connectivity index (χ4n) is 6.77. The Bertz CT molecular complexity index is 844. The maximum Gasteiger partial charge on any atom is 0.0561 e. The first kappa shape index (κ1) is 22.9. The summed E-state index contributed by atoms with van der Waals surface area (Å²) < 4.78 is 2.80. The zero-order valence-electron chi connectivity index (χ0n) is 18.2. The lowest BCUT2D eigenvalue weighted by Gasteiger charge is -2.57. The molecular formula is C24H37Cl2N3. The third kappa shape index (κ3) is 3.33. The van der Waals surface area contributed by atoms with E-state index < -0.39 is 0 Å². The van der Waals surface area contributed by atoms with Crippen molar-refractivity contribution in [1.82, 2.24) is 14.4 Å².